The first-order valence-corrected chi connectivity index (χ1v) is 7.63. The summed E-state index contributed by atoms with van der Waals surface area (Å²) in [5, 5.41) is 7.05. The molecule has 0 bridgehead atoms. The number of aromatic amines is 1. The van der Waals surface area contributed by atoms with Crippen LogP contribution in [0.2, 0.25) is 0 Å². The minimum Gasteiger partial charge on any atom is -0.385 e. The van der Waals surface area contributed by atoms with Gasteiger partial charge in [-0.15, -0.1) is 0 Å². The van der Waals surface area contributed by atoms with Gasteiger partial charge in [-0.25, -0.2) is 0 Å². The van der Waals surface area contributed by atoms with Crippen LogP contribution < -0.4 is 0 Å². The number of piperidine rings is 1. The van der Waals surface area contributed by atoms with Gasteiger partial charge in [0.1, 0.15) is 0 Å². The lowest BCUT2D eigenvalue weighted by atomic mass is 9.84. The predicted molar refractivity (Wildman–Crippen MR) is 76.4 cm³/mol. The lowest BCUT2D eigenvalue weighted by Gasteiger charge is -2.38. The van der Waals surface area contributed by atoms with Crippen molar-refractivity contribution in [2.24, 2.45) is 5.92 Å². The first kappa shape index (κ1) is 14.0. The summed E-state index contributed by atoms with van der Waals surface area (Å²) in [6, 6.07) is 2.05. The molecule has 112 valence electrons. The van der Waals surface area contributed by atoms with Crippen LogP contribution in [0, 0.1) is 5.92 Å². The van der Waals surface area contributed by atoms with Crippen molar-refractivity contribution >= 4 is 0 Å². The maximum atomic E-state index is 6.17. The molecule has 5 nitrogen and oxygen atoms in total. The second-order valence-corrected chi connectivity index (χ2v) is 6.20. The second kappa shape index (κ2) is 6.24. The summed E-state index contributed by atoms with van der Waals surface area (Å²) in [5.41, 5.74) is 1.36. The lowest BCUT2D eigenvalue weighted by molar-refractivity contribution is -0.0453. The first-order valence-electron chi connectivity index (χ1n) is 7.63. The van der Waals surface area contributed by atoms with E-state index in [1.165, 1.54) is 12.1 Å². The molecule has 0 radical (unpaired) electrons. The molecular formula is C15H25N3O2. The van der Waals surface area contributed by atoms with Crippen LogP contribution in [-0.2, 0) is 16.0 Å². The number of methoxy groups -OCH3 is 1. The Bertz CT molecular complexity index is 399. The zero-order valence-electron chi connectivity index (χ0n) is 12.3. The van der Waals surface area contributed by atoms with E-state index in [2.05, 4.69) is 21.2 Å². The van der Waals surface area contributed by atoms with Gasteiger partial charge in [-0.1, -0.05) is 0 Å². The molecule has 1 atom stereocenters. The van der Waals surface area contributed by atoms with Crippen molar-refractivity contribution in [3.8, 4) is 0 Å². The van der Waals surface area contributed by atoms with Crippen molar-refractivity contribution in [2.45, 2.75) is 37.8 Å². The molecule has 2 aliphatic rings. The minimum atomic E-state index is 0.156. The third-order valence-corrected chi connectivity index (χ3v) is 4.74. The largest absolute Gasteiger partial charge is 0.385 e. The van der Waals surface area contributed by atoms with E-state index in [4.69, 9.17) is 9.47 Å². The van der Waals surface area contributed by atoms with E-state index in [1.54, 1.807) is 7.11 Å². The average molecular weight is 279 g/mol. The van der Waals surface area contributed by atoms with Crippen LogP contribution in [0.4, 0.5) is 0 Å². The Labute approximate surface area is 120 Å². The maximum Gasteiger partial charge on any atom is 0.0710 e. The quantitative estimate of drug-likeness (QED) is 0.893. The van der Waals surface area contributed by atoms with Crippen molar-refractivity contribution in [3.63, 3.8) is 0 Å². The molecule has 0 saturated carbocycles. The Balaban J connectivity index is 1.46. The summed E-state index contributed by atoms with van der Waals surface area (Å²) >= 11 is 0. The molecule has 1 aromatic heterocycles. The molecule has 0 unspecified atom stereocenters. The van der Waals surface area contributed by atoms with Gasteiger partial charge >= 0.3 is 0 Å². The molecule has 5 heteroatoms. The van der Waals surface area contributed by atoms with Crippen LogP contribution in [-0.4, -0.2) is 54.1 Å². The number of rotatable bonds is 5. The van der Waals surface area contributed by atoms with Crippen LogP contribution in [0.3, 0.4) is 0 Å². The highest BCUT2D eigenvalue weighted by Crippen LogP contribution is 2.39. The van der Waals surface area contributed by atoms with E-state index < -0.39 is 0 Å². The Morgan fingerprint density at radius 3 is 3.05 bits per heavy atom. The van der Waals surface area contributed by atoms with Gasteiger partial charge in [0.2, 0.25) is 0 Å². The standard InChI is InChI=1S/C15H25N3O2/c1-19-9-3-13-10-15(20-12-13)4-7-18(8-5-15)11-14-2-6-16-17-14/h2,6,13H,3-5,7-12H2,1H3,(H,16,17)/t13-/m1/s1. The summed E-state index contributed by atoms with van der Waals surface area (Å²) in [6.45, 7) is 5.00. The fourth-order valence-corrected chi connectivity index (χ4v) is 3.49. The van der Waals surface area contributed by atoms with Crippen molar-refractivity contribution in [3.05, 3.63) is 18.0 Å². The first-order chi connectivity index (χ1) is 9.80. The summed E-state index contributed by atoms with van der Waals surface area (Å²) in [4.78, 5) is 2.49. The van der Waals surface area contributed by atoms with Gasteiger partial charge in [-0.3, -0.25) is 10.00 Å². The highest BCUT2D eigenvalue weighted by Gasteiger charge is 2.42. The monoisotopic (exact) mass is 279 g/mol. The van der Waals surface area contributed by atoms with Crippen LogP contribution >= 0.6 is 0 Å². The van der Waals surface area contributed by atoms with E-state index in [1.807, 2.05) is 6.20 Å². The molecule has 2 aliphatic heterocycles. The van der Waals surface area contributed by atoms with E-state index in [9.17, 15) is 0 Å². The normalized spacial score (nSPS) is 26.4. The molecule has 20 heavy (non-hydrogen) atoms. The number of hydrogen-bond donors (Lipinski definition) is 1. The van der Waals surface area contributed by atoms with Crippen molar-refractivity contribution in [2.75, 3.05) is 33.4 Å². The zero-order valence-corrected chi connectivity index (χ0v) is 12.3. The average Bonchev–Trinajstić information content (AvgIpc) is 3.10. The second-order valence-electron chi connectivity index (χ2n) is 6.20. The molecule has 2 fully saturated rings. The third-order valence-electron chi connectivity index (χ3n) is 4.74. The topological polar surface area (TPSA) is 50.4 Å². The van der Waals surface area contributed by atoms with E-state index in [0.29, 0.717) is 5.92 Å². The molecule has 1 aromatic rings. The van der Waals surface area contributed by atoms with Crippen molar-refractivity contribution in [1.29, 1.82) is 0 Å². The van der Waals surface area contributed by atoms with Gasteiger partial charge in [-0.2, -0.15) is 5.10 Å². The van der Waals surface area contributed by atoms with Gasteiger partial charge in [0.25, 0.3) is 0 Å². The SMILES string of the molecule is COCC[C@H]1COC2(CCN(Cc3ccn[nH]3)CC2)C1. The number of H-pyrrole nitrogens is 1. The van der Waals surface area contributed by atoms with Gasteiger partial charge in [-0.05, 0) is 37.7 Å². The Morgan fingerprint density at radius 1 is 1.50 bits per heavy atom. The van der Waals surface area contributed by atoms with Crippen LogP contribution in [0.1, 0.15) is 31.4 Å². The van der Waals surface area contributed by atoms with Crippen LogP contribution in [0.15, 0.2) is 12.3 Å². The van der Waals surface area contributed by atoms with Crippen LogP contribution in [0.25, 0.3) is 0 Å². The number of nitrogens with zero attached hydrogens (tertiary/aromatic N) is 2. The molecule has 0 aromatic carbocycles. The van der Waals surface area contributed by atoms with E-state index in [-0.39, 0.29) is 5.60 Å². The minimum absolute atomic E-state index is 0.156. The molecule has 3 rings (SSSR count). The third kappa shape index (κ3) is 3.22. The fourth-order valence-electron chi connectivity index (χ4n) is 3.49. The number of nitrogens with one attached hydrogen (secondary N) is 1. The fraction of sp³-hybridized carbons (Fsp3) is 0.800. The predicted octanol–water partition coefficient (Wildman–Crippen LogP) is 1.82. The molecular weight excluding hydrogens is 254 g/mol. The van der Waals surface area contributed by atoms with Crippen LogP contribution in [0.5, 0.6) is 0 Å². The number of hydrogen-bond acceptors (Lipinski definition) is 4. The van der Waals surface area contributed by atoms with Gasteiger partial charge in [0.05, 0.1) is 12.2 Å². The van der Waals surface area contributed by atoms with Crippen molar-refractivity contribution in [1.82, 2.24) is 15.1 Å². The zero-order chi connectivity index (χ0) is 13.8. The maximum absolute atomic E-state index is 6.17. The van der Waals surface area contributed by atoms with Crippen molar-refractivity contribution < 1.29 is 9.47 Å². The molecule has 2 saturated heterocycles. The Hall–Kier alpha value is -0.910. The number of ether oxygens (including phenoxy) is 2. The number of aromatic nitrogens is 2. The smallest absolute Gasteiger partial charge is 0.0710 e. The Morgan fingerprint density at radius 2 is 2.35 bits per heavy atom. The van der Waals surface area contributed by atoms with Gasteiger partial charge in [0, 0.05) is 45.2 Å². The highest BCUT2D eigenvalue weighted by molar-refractivity contribution is 4.99. The molecule has 1 spiro atoms. The molecule has 0 amide bonds. The summed E-state index contributed by atoms with van der Waals surface area (Å²) in [5.74, 6) is 0.689. The molecule has 0 aliphatic carbocycles. The Kier molecular flexibility index (Phi) is 4.38. The molecule has 3 heterocycles. The van der Waals surface area contributed by atoms with E-state index >= 15 is 0 Å². The van der Waals surface area contributed by atoms with Gasteiger partial charge < -0.3 is 9.47 Å². The summed E-state index contributed by atoms with van der Waals surface area (Å²) in [7, 11) is 1.78. The summed E-state index contributed by atoms with van der Waals surface area (Å²) in [6.07, 6.45) is 6.49. The lowest BCUT2D eigenvalue weighted by Crippen LogP contribution is -2.43. The van der Waals surface area contributed by atoms with Gasteiger partial charge in [0.15, 0.2) is 0 Å². The van der Waals surface area contributed by atoms with E-state index in [0.717, 1.165) is 52.1 Å². The number of likely N-dealkylation sites (tertiary alicyclic amines) is 1. The summed E-state index contributed by atoms with van der Waals surface area (Å²) < 4.78 is 11.4. The molecule has 1 N–H and O–H groups in total. The highest BCUT2D eigenvalue weighted by atomic mass is 16.5.